The van der Waals surface area contributed by atoms with Gasteiger partial charge in [0.2, 0.25) is 0 Å². The third kappa shape index (κ3) is 3.43. The van der Waals surface area contributed by atoms with E-state index in [1.807, 2.05) is 0 Å². The Bertz CT molecular complexity index is 446. The number of nitrogens with zero attached hydrogens (tertiary/aromatic N) is 1. The highest BCUT2D eigenvalue weighted by molar-refractivity contribution is 5.44. The van der Waals surface area contributed by atoms with Crippen molar-refractivity contribution in [2.75, 3.05) is 7.05 Å². The van der Waals surface area contributed by atoms with Crippen LogP contribution in [-0.2, 0) is 12.6 Å². The van der Waals surface area contributed by atoms with Gasteiger partial charge in [0.05, 0.1) is 10.5 Å². The number of nitro benzene ring substituents is 1. The average molecular weight is 262 g/mol. The van der Waals surface area contributed by atoms with Crippen LogP contribution in [0, 0.1) is 10.1 Å². The zero-order valence-corrected chi connectivity index (χ0v) is 9.91. The highest BCUT2D eigenvalue weighted by Gasteiger charge is 2.33. The first-order valence-electron chi connectivity index (χ1n) is 5.27. The first kappa shape index (κ1) is 14.4. The fourth-order valence-corrected chi connectivity index (χ4v) is 1.51. The van der Waals surface area contributed by atoms with Gasteiger partial charge in [-0.25, -0.2) is 0 Å². The number of hydrogen-bond donors (Lipinski definition) is 1. The van der Waals surface area contributed by atoms with E-state index in [-0.39, 0.29) is 11.6 Å². The standard InChI is InChI=1S/C11H13F3N2O2/c1-7(15-2)5-8-3-4-9(11(12,13)14)6-10(8)16(17)18/h3-4,6-7,15H,5H2,1-2H3. The third-order valence-corrected chi connectivity index (χ3v) is 2.63. The lowest BCUT2D eigenvalue weighted by Crippen LogP contribution is -2.24. The van der Waals surface area contributed by atoms with Gasteiger partial charge >= 0.3 is 6.18 Å². The number of halogens is 3. The molecule has 0 amide bonds. The minimum absolute atomic E-state index is 0.0552. The Balaban J connectivity index is 3.17. The summed E-state index contributed by atoms with van der Waals surface area (Å²) in [4.78, 5) is 10.0. The largest absolute Gasteiger partial charge is 0.416 e. The highest BCUT2D eigenvalue weighted by Crippen LogP contribution is 2.33. The van der Waals surface area contributed by atoms with Crippen LogP contribution in [-0.4, -0.2) is 18.0 Å². The minimum atomic E-state index is -4.57. The minimum Gasteiger partial charge on any atom is -0.317 e. The summed E-state index contributed by atoms with van der Waals surface area (Å²) in [6.45, 7) is 1.79. The predicted octanol–water partition coefficient (Wildman–Crippen LogP) is 2.76. The number of alkyl halides is 3. The van der Waals surface area contributed by atoms with Crippen molar-refractivity contribution in [1.82, 2.24) is 5.32 Å². The number of nitro groups is 1. The van der Waals surface area contributed by atoms with Crippen LogP contribution in [0.5, 0.6) is 0 Å². The summed E-state index contributed by atoms with van der Waals surface area (Å²) in [6.07, 6.45) is -4.27. The third-order valence-electron chi connectivity index (χ3n) is 2.63. The first-order chi connectivity index (χ1) is 8.25. The van der Waals surface area contributed by atoms with E-state index in [0.29, 0.717) is 12.5 Å². The van der Waals surface area contributed by atoms with Crippen molar-refractivity contribution in [2.45, 2.75) is 25.6 Å². The maximum absolute atomic E-state index is 12.5. The second-order valence-corrected chi connectivity index (χ2v) is 3.99. The summed E-state index contributed by atoms with van der Waals surface area (Å²) >= 11 is 0. The van der Waals surface area contributed by atoms with E-state index in [4.69, 9.17) is 0 Å². The van der Waals surface area contributed by atoms with Crippen molar-refractivity contribution < 1.29 is 18.1 Å². The van der Waals surface area contributed by atoms with Crippen molar-refractivity contribution in [3.8, 4) is 0 Å². The molecule has 0 saturated heterocycles. The molecule has 0 aliphatic carbocycles. The molecule has 0 spiro atoms. The Morgan fingerprint density at radius 3 is 2.50 bits per heavy atom. The molecule has 1 N–H and O–H groups in total. The molecule has 0 aliphatic heterocycles. The summed E-state index contributed by atoms with van der Waals surface area (Å²) in [5, 5.41) is 13.7. The van der Waals surface area contributed by atoms with Gasteiger partial charge in [0.25, 0.3) is 5.69 Å². The number of hydrogen-bond acceptors (Lipinski definition) is 3. The van der Waals surface area contributed by atoms with E-state index in [0.717, 1.165) is 12.1 Å². The molecule has 4 nitrogen and oxygen atoms in total. The fraction of sp³-hybridized carbons (Fsp3) is 0.455. The number of rotatable bonds is 4. The van der Waals surface area contributed by atoms with Crippen molar-refractivity contribution >= 4 is 5.69 Å². The first-order valence-corrected chi connectivity index (χ1v) is 5.27. The van der Waals surface area contributed by atoms with Gasteiger partial charge in [0.1, 0.15) is 0 Å². The summed E-state index contributed by atoms with van der Waals surface area (Å²) in [6, 6.07) is 2.55. The molecule has 0 fully saturated rings. The molecule has 0 radical (unpaired) electrons. The molecule has 0 heterocycles. The monoisotopic (exact) mass is 262 g/mol. The van der Waals surface area contributed by atoms with E-state index < -0.39 is 22.4 Å². The number of likely N-dealkylation sites (N-methyl/N-ethyl adjacent to an activating group) is 1. The van der Waals surface area contributed by atoms with Crippen LogP contribution in [0.2, 0.25) is 0 Å². The predicted molar refractivity (Wildman–Crippen MR) is 60.3 cm³/mol. The Morgan fingerprint density at radius 1 is 1.44 bits per heavy atom. The quantitative estimate of drug-likeness (QED) is 0.670. The molecule has 0 aliphatic rings. The van der Waals surface area contributed by atoms with Crippen LogP contribution in [0.15, 0.2) is 18.2 Å². The van der Waals surface area contributed by atoms with Gasteiger partial charge in [-0.05, 0) is 26.5 Å². The van der Waals surface area contributed by atoms with E-state index in [2.05, 4.69) is 5.32 Å². The molecule has 100 valence electrons. The Labute approximate surface area is 102 Å². The van der Waals surface area contributed by atoms with E-state index in [1.165, 1.54) is 0 Å². The van der Waals surface area contributed by atoms with Gasteiger partial charge in [-0.1, -0.05) is 6.07 Å². The van der Waals surface area contributed by atoms with Crippen molar-refractivity contribution in [3.63, 3.8) is 0 Å². The molecule has 18 heavy (non-hydrogen) atoms. The SMILES string of the molecule is CNC(C)Cc1ccc(C(F)(F)F)cc1[N+](=O)[O-]. The molecule has 1 aromatic carbocycles. The smallest absolute Gasteiger partial charge is 0.317 e. The van der Waals surface area contributed by atoms with Gasteiger partial charge < -0.3 is 5.32 Å². The van der Waals surface area contributed by atoms with Crippen LogP contribution >= 0.6 is 0 Å². The Kier molecular flexibility index (Phi) is 4.28. The van der Waals surface area contributed by atoms with Gasteiger partial charge in [0.15, 0.2) is 0 Å². The van der Waals surface area contributed by atoms with Gasteiger partial charge in [-0.2, -0.15) is 13.2 Å². The molecule has 0 aromatic heterocycles. The number of benzene rings is 1. The summed E-state index contributed by atoms with van der Waals surface area (Å²) in [5.41, 5.74) is -1.21. The fourth-order valence-electron chi connectivity index (χ4n) is 1.51. The molecule has 1 unspecified atom stereocenters. The van der Waals surface area contributed by atoms with Crippen LogP contribution < -0.4 is 5.32 Å². The topological polar surface area (TPSA) is 55.2 Å². The van der Waals surface area contributed by atoms with E-state index >= 15 is 0 Å². The zero-order valence-electron chi connectivity index (χ0n) is 9.91. The lowest BCUT2D eigenvalue weighted by Gasteiger charge is -2.12. The molecule has 0 saturated carbocycles. The van der Waals surface area contributed by atoms with E-state index in [9.17, 15) is 23.3 Å². The zero-order chi connectivity index (χ0) is 13.9. The molecule has 1 rings (SSSR count). The number of nitrogens with one attached hydrogen (secondary N) is 1. The molecular formula is C11H13F3N2O2. The van der Waals surface area contributed by atoms with Crippen LogP contribution in [0.3, 0.4) is 0 Å². The maximum Gasteiger partial charge on any atom is 0.416 e. The Hall–Kier alpha value is -1.63. The molecule has 7 heteroatoms. The van der Waals surface area contributed by atoms with Crippen molar-refractivity contribution in [2.24, 2.45) is 0 Å². The lowest BCUT2D eigenvalue weighted by molar-refractivity contribution is -0.385. The second-order valence-electron chi connectivity index (χ2n) is 3.99. The van der Waals surface area contributed by atoms with Gasteiger partial charge in [-0.3, -0.25) is 10.1 Å². The lowest BCUT2D eigenvalue weighted by atomic mass is 10.0. The summed E-state index contributed by atoms with van der Waals surface area (Å²) in [5.74, 6) is 0. The van der Waals surface area contributed by atoms with Crippen LogP contribution in [0.1, 0.15) is 18.1 Å². The average Bonchev–Trinajstić information content (AvgIpc) is 2.27. The maximum atomic E-state index is 12.5. The Morgan fingerprint density at radius 2 is 2.06 bits per heavy atom. The van der Waals surface area contributed by atoms with Gasteiger partial charge in [0, 0.05) is 17.7 Å². The summed E-state index contributed by atoms with van der Waals surface area (Å²) < 4.78 is 37.4. The van der Waals surface area contributed by atoms with Gasteiger partial charge in [-0.15, -0.1) is 0 Å². The highest BCUT2D eigenvalue weighted by atomic mass is 19.4. The van der Waals surface area contributed by atoms with Crippen LogP contribution in [0.25, 0.3) is 0 Å². The molecule has 1 aromatic rings. The van der Waals surface area contributed by atoms with Crippen molar-refractivity contribution in [1.29, 1.82) is 0 Å². The molecule has 1 atom stereocenters. The summed E-state index contributed by atoms with van der Waals surface area (Å²) in [7, 11) is 1.68. The van der Waals surface area contributed by atoms with Crippen molar-refractivity contribution in [3.05, 3.63) is 39.4 Å². The normalized spacial score (nSPS) is 13.4. The molecule has 0 bridgehead atoms. The van der Waals surface area contributed by atoms with E-state index in [1.54, 1.807) is 14.0 Å². The second kappa shape index (κ2) is 5.34. The van der Waals surface area contributed by atoms with Crippen LogP contribution in [0.4, 0.5) is 18.9 Å². The molecular weight excluding hydrogens is 249 g/mol.